The highest BCUT2D eigenvalue weighted by molar-refractivity contribution is 6.30. The number of carbonyl (C=O) groups excluding carboxylic acids is 1. The van der Waals surface area contributed by atoms with E-state index in [9.17, 15) is 4.79 Å². The second-order valence-electron chi connectivity index (χ2n) is 6.16. The standard InChI is InChI=1S/C18H17ClN6O/c19-12-5-3-11(4-6-12)13-10-21-18(20)23-16(13)15-2-1-9-25(15)17(26)14-7-8-22-24-14/h3-8,10,15H,1-2,9H2,(H,22,24)(H2,20,21,23). The Hall–Kier alpha value is -2.93. The van der Waals surface area contributed by atoms with E-state index >= 15 is 0 Å². The van der Waals surface area contributed by atoms with E-state index in [1.54, 1.807) is 18.5 Å². The van der Waals surface area contributed by atoms with Crippen LogP contribution in [0.2, 0.25) is 5.02 Å². The predicted molar refractivity (Wildman–Crippen MR) is 98.5 cm³/mol. The lowest BCUT2D eigenvalue weighted by Crippen LogP contribution is -2.31. The molecule has 0 radical (unpaired) electrons. The van der Waals surface area contributed by atoms with Crippen LogP contribution in [0.15, 0.2) is 42.7 Å². The van der Waals surface area contributed by atoms with Crippen molar-refractivity contribution in [2.45, 2.75) is 18.9 Å². The molecule has 0 saturated carbocycles. The van der Waals surface area contributed by atoms with E-state index in [2.05, 4.69) is 20.2 Å². The van der Waals surface area contributed by atoms with Crippen molar-refractivity contribution >= 4 is 23.5 Å². The molecule has 0 bridgehead atoms. The van der Waals surface area contributed by atoms with Crippen molar-refractivity contribution in [3.63, 3.8) is 0 Å². The Morgan fingerprint density at radius 2 is 2.08 bits per heavy atom. The molecular weight excluding hydrogens is 352 g/mol. The number of hydrogen-bond acceptors (Lipinski definition) is 5. The van der Waals surface area contributed by atoms with Gasteiger partial charge in [-0.2, -0.15) is 5.10 Å². The van der Waals surface area contributed by atoms with Crippen LogP contribution in [-0.4, -0.2) is 37.5 Å². The third-order valence-electron chi connectivity index (χ3n) is 4.55. The molecule has 1 unspecified atom stereocenters. The molecule has 3 heterocycles. The van der Waals surface area contributed by atoms with Crippen molar-refractivity contribution < 1.29 is 4.79 Å². The van der Waals surface area contributed by atoms with Gasteiger partial charge in [0.25, 0.3) is 5.91 Å². The van der Waals surface area contributed by atoms with Crippen LogP contribution in [0.1, 0.15) is 35.1 Å². The zero-order valence-corrected chi connectivity index (χ0v) is 14.6. The smallest absolute Gasteiger partial charge is 0.272 e. The Labute approximate surface area is 155 Å². The summed E-state index contributed by atoms with van der Waals surface area (Å²) in [5.74, 6) is 0.0998. The molecule has 2 aromatic heterocycles. The molecule has 1 aliphatic rings. The van der Waals surface area contributed by atoms with Crippen LogP contribution in [0.3, 0.4) is 0 Å². The Balaban J connectivity index is 1.75. The molecule has 1 saturated heterocycles. The van der Waals surface area contributed by atoms with Gasteiger partial charge in [0.2, 0.25) is 5.95 Å². The first kappa shape index (κ1) is 16.5. The summed E-state index contributed by atoms with van der Waals surface area (Å²) in [5.41, 5.74) is 8.86. The molecule has 0 spiro atoms. The Kier molecular flexibility index (Phi) is 4.30. The fraction of sp³-hybridized carbons (Fsp3) is 0.222. The number of amides is 1. The lowest BCUT2D eigenvalue weighted by Gasteiger charge is -2.25. The fourth-order valence-corrected chi connectivity index (χ4v) is 3.46. The van der Waals surface area contributed by atoms with Crippen molar-refractivity contribution in [3.8, 4) is 11.1 Å². The molecular formula is C18H17ClN6O. The van der Waals surface area contributed by atoms with E-state index in [1.165, 1.54) is 0 Å². The maximum absolute atomic E-state index is 12.8. The number of H-pyrrole nitrogens is 1. The minimum absolute atomic E-state index is 0.0933. The molecule has 3 N–H and O–H groups in total. The van der Waals surface area contributed by atoms with Crippen LogP contribution in [-0.2, 0) is 0 Å². The number of rotatable bonds is 3. The van der Waals surface area contributed by atoms with Gasteiger partial charge in [0.15, 0.2) is 0 Å². The number of hydrogen-bond donors (Lipinski definition) is 2. The van der Waals surface area contributed by atoms with E-state index in [-0.39, 0.29) is 17.9 Å². The average molecular weight is 369 g/mol. The van der Waals surface area contributed by atoms with Gasteiger partial charge in [-0.1, -0.05) is 23.7 Å². The molecule has 1 aromatic carbocycles. The van der Waals surface area contributed by atoms with Crippen molar-refractivity contribution in [3.05, 3.63) is 59.1 Å². The number of nitrogens with two attached hydrogens (primary N) is 1. The van der Waals surface area contributed by atoms with Gasteiger partial charge in [0.05, 0.1) is 11.7 Å². The predicted octanol–water partition coefficient (Wildman–Crippen LogP) is 3.08. The first-order chi connectivity index (χ1) is 12.6. The quantitative estimate of drug-likeness (QED) is 0.739. The van der Waals surface area contributed by atoms with E-state index in [1.807, 2.05) is 29.2 Å². The van der Waals surface area contributed by atoms with Crippen molar-refractivity contribution in [1.29, 1.82) is 0 Å². The number of nitrogens with one attached hydrogen (secondary N) is 1. The summed E-state index contributed by atoms with van der Waals surface area (Å²) in [6.45, 7) is 0.659. The molecule has 1 fully saturated rings. The van der Waals surface area contributed by atoms with Gasteiger partial charge in [-0.15, -0.1) is 0 Å². The van der Waals surface area contributed by atoms with Crippen LogP contribution >= 0.6 is 11.6 Å². The summed E-state index contributed by atoms with van der Waals surface area (Å²) in [7, 11) is 0. The molecule has 7 nitrogen and oxygen atoms in total. The molecule has 8 heteroatoms. The molecule has 26 heavy (non-hydrogen) atoms. The largest absolute Gasteiger partial charge is 0.368 e. The minimum Gasteiger partial charge on any atom is -0.368 e. The number of nitrogen functional groups attached to an aromatic ring is 1. The molecule has 1 amide bonds. The Morgan fingerprint density at radius 3 is 2.81 bits per heavy atom. The van der Waals surface area contributed by atoms with Crippen LogP contribution in [0.25, 0.3) is 11.1 Å². The van der Waals surface area contributed by atoms with Gasteiger partial charge < -0.3 is 10.6 Å². The SMILES string of the molecule is Nc1ncc(-c2ccc(Cl)cc2)c(C2CCCN2C(=O)c2ccn[nH]2)n1. The summed E-state index contributed by atoms with van der Waals surface area (Å²) < 4.78 is 0. The second-order valence-corrected chi connectivity index (χ2v) is 6.60. The maximum Gasteiger partial charge on any atom is 0.272 e. The number of carbonyl (C=O) groups is 1. The number of anilines is 1. The first-order valence-electron chi connectivity index (χ1n) is 8.32. The van der Waals surface area contributed by atoms with Gasteiger partial charge in [-0.05, 0) is 36.6 Å². The van der Waals surface area contributed by atoms with Gasteiger partial charge in [0.1, 0.15) is 5.69 Å². The van der Waals surface area contributed by atoms with Gasteiger partial charge >= 0.3 is 0 Å². The van der Waals surface area contributed by atoms with Crippen molar-refractivity contribution in [2.75, 3.05) is 12.3 Å². The second kappa shape index (κ2) is 6.76. The number of aromatic amines is 1. The van der Waals surface area contributed by atoms with E-state index in [4.69, 9.17) is 17.3 Å². The highest BCUT2D eigenvalue weighted by Crippen LogP contribution is 2.37. The third-order valence-corrected chi connectivity index (χ3v) is 4.80. The average Bonchev–Trinajstić information content (AvgIpc) is 3.34. The van der Waals surface area contributed by atoms with Crippen LogP contribution in [0.4, 0.5) is 5.95 Å². The number of nitrogens with zero attached hydrogens (tertiary/aromatic N) is 4. The highest BCUT2D eigenvalue weighted by Gasteiger charge is 2.34. The maximum atomic E-state index is 12.8. The van der Waals surface area contributed by atoms with E-state index in [0.29, 0.717) is 17.3 Å². The molecule has 132 valence electrons. The van der Waals surface area contributed by atoms with E-state index < -0.39 is 0 Å². The lowest BCUT2D eigenvalue weighted by molar-refractivity contribution is 0.0727. The summed E-state index contributed by atoms with van der Waals surface area (Å²) in [6.07, 6.45) is 4.99. The number of halogens is 1. The zero-order chi connectivity index (χ0) is 18.1. The molecule has 1 aliphatic heterocycles. The first-order valence-corrected chi connectivity index (χ1v) is 8.70. The summed E-state index contributed by atoms with van der Waals surface area (Å²) >= 11 is 6.00. The van der Waals surface area contributed by atoms with Crippen molar-refractivity contribution in [1.82, 2.24) is 25.1 Å². The Bertz CT molecular complexity index is 925. The van der Waals surface area contributed by atoms with Crippen LogP contribution < -0.4 is 5.73 Å². The fourth-order valence-electron chi connectivity index (χ4n) is 3.34. The molecule has 1 atom stereocenters. The molecule has 4 rings (SSSR count). The van der Waals surface area contributed by atoms with Crippen LogP contribution in [0.5, 0.6) is 0 Å². The monoisotopic (exact) mass is 368 g/mol. The molecule has 0 aliphatic carbocycles. The van der Waals surface area contributed by atoms with E-state index in [0.717, 1.165) is 29.7 Å². The Morgan fingerprint density at radius 1 is 1.27 bits per heavy atom. The summed E-state index contributed by atoms with van der Waals surface area (Å²) in [6, 6.07) is 8.97. The summed E-state index contributed by atoms with van der Waals surface area (Å²) in [4.78, 5) is 23.3. The number of aromatic nitrogens is 4. The van der Waals surface area contributed by atoms with Crippen molar-refractivity contribution in [2.24, 2.45) is 0 Å². The number of benzene rings is 1. The zero-order valence-electron chi connectivity index (χ0n) is 13.9. The topological polar surface area (TPSA) is 101 Å². The number of likely N-dealkylation sites (tertiary alicyclic amines) is 1. The minimum atomic E-state index is -0.165. The summed E-state index contributed by atoms with van der Waals surface area (Å²) in [5, 5.41) is 7.26. The molecule has 3 aromatic rings. The third kappa shape index (κ3) is 3.01. The normalized spacial score (nSPS) is 16.8. The van der Waals surface area contributed by atoms with Gasteiger partial charge in [0, 0.05) is 29.5 Å². The van der Waals surface area contributed by atoms with Crippen LogP contribution in [0, 0.1) is 0 Å². The lowest BCUT2D eigenvalue weighted by atomic mass is 10.00. The van der Waals surface area contributed by atoms with Gasteiger partial charge in [-0.25, -0.2) is 9.97 Å². The highest BCUT2D eigenvalue weighted by atomic mass is 35.5. The van der Waals surface area contributed by atoms with Gasteiger partial charge in [-0.3, -0.25) is 9.89 Å².